The lowest BCUT2D eigenvalue weighted by Crippen LogP contribution is -2.22. The van der Waals surface area contributed by atoms with Crippen LogP contribution in [-0.2, 0) is 0 Å². The maximum atomic E-state index is 12.9. The lowest BCUT2D eigenvalue weighted by atomic mass is 10.1. The molecule has 0 saturated heterocycles. The number of aliphatic hydroxyl groups excluding tert-OH is 1. The van der Waals surface area contributed by atoms with E-state index in [4.69, 9.17) is 10.2 Å². The number of hydrogen-bond acceptors (Lipinski definition) is 3. The van der Waals surface area contributed by atoms with E-state index >= 15 is 0 Å². The van der Waals surface area contributed by atoms with Gasteiger partial charge < -0.3 is 15.5 Å². The fourth-order valence-electron chi connectivity index (χ4n) is 1.19. The molecule has 1 rings (SSSR count). The minimum Gasteiger partial charge on any atom is -0.505 e. The van der Waals surface area contributed by atoms with Crippen LogP contribution in [-0.4, -0.2) is 23.4 Å². The van der Waals surface area contributed by atoms with Crippen LogP contribution in [0.3, 0.4) is 0 Å². The number of halogens is 1. The molecule has 1 aromatic carbocycles. The second-order valence-corrected chi connectivity index (χ2v) is 3.11. The highest BCUT2D eigenvalue weighted by Gasteiger charge is 2.07. The summed E-state index contributed by atoms with van der Waals surface area (Å²) in [5.74, 6) is -0.969. The summed E-state index contributed by atoms with van der Waals surface area (Å²) in [6.45, 7) is 2.37. The fourth-order valence-corrected chi connectivity index (χ4v) is 1.19. The van der Waals surface area contributed by atoms with Crippen LogP contribution in [0.15, 0.2) is 18.2 Å². The van der Waals surface area contributed by atoms with Crippen LogP contribution in [0.1, 0.15) is 18.5 Å². The second-order valence-electron chi connectivity index (χ2n) is 3.11. The number of aromatic hydroxyl groups is 1. The highest BCUT2D eigenvalue weighted by atomic mass is 19.1. The molecule has 0 saturated carbocycles. The molecule has 0 amide bonds. The highest BCUT2D eigenvalue weighted by Crippen LogP contribution is 2.20. The highest BCUT2D eigenvalue weighted by molar-refractivity contribution is 5.29. The first kappa shape index (κ1) is 10.9. The molecule has 1 aromatic rings. The van der Waals surface area contributed by atoms with Gasteiger partial charge in [0.2, 0.25) is 0 Å². The van der Waals surface area contributed by atoms with Crippen molar-refractivity contribution in [2.75, 3.05) is 13.2 Å². The molecule has 1 atom stereocenters. The van der Waals surface area contributed by atoms with Crippen molar-refractivity contribution in [1.29, 1.82) is 0 Å². The third-order valence-electron chi connectivity index (χ3n) is 2.03. The van der Waals surface area contributed by atoms with Gasteiger partial charge in [0.15, 0.2) is 11.6 Å². The number of benzene rings is 1. The molecule has 4 heteroatoms. The molecule has 0 heterocycles. The van der Waals surface area contributed by atoms with Crippen molar-refractivity contribution >= 4 is 0 Å². The SMILES string of the molecule is C[C@H](NCCO)c1ccc(O)c(F)c1. The van der Waals surface area contributed by atoms with Crippen molar-refractivity contribution in [3.8, 4) is 5.75 Å². The number of phenols is 1. The Labute approximate surface area is 82.2 Å². The lowest BCUT2D eigenvalue weighted by molar-refractivity contribution is 0.286. The molecule has 0 bridgehead atoms. The third kappa shape index (κ3) is 2.68. The molecule has 14 heavy (non-hydrogen) atoms. The van der Waals surface area contributed by atoms with Crippen molar-refractivity contribution in [2.24, 2.45) is 0 Å². The monoisotopic (exact) mass is 199 g/mol. The predicted molar refractivity (Wildman–Crippen MR) is 51.6 cm³/mol. The summed E-state index contributed by atoms with van der Waals surface area (Å²) < 4.78 is 12.9. The van der Waals surface area contributed by atoms with Gasteiger partial charge in [0, 0.05) is 12.6 Å². The average molecular weight is 199 g/mol. The molecule has 3 N–H and O–H groups in total. The van der Waals surface area contributed by atoms with Crippen LogP contribution in [0.25, 0.3) is 0 Å². The summed E-state index contributed by atoms with van der Waals surface area (Å²) in [7, 11) is 0. The molecular weight excluding hydrogens is 185 g/mol. The summed E-state index contributed by atoms with van der Waals surface area (Å²) >= 11 is 0. The summed E-state index contributed by atoms with van der Waals surface area (Å²) in [5, 5.41) is 20.5. The van der Waals surface area contributed by atoms with Gasteiger partial charge in [-0.2, -0.15) is 0 Å². The van der Waals surface area contributed by atoms with Crippen LogP contribution in [0.4, 0.5) is 4.39 Å². The van der Waals surface area contributed by atoms with Crippen LogP contribution in [0.2, 0.25) is 0 Å². The molecule has 0 aliphatic heterocycles. The summed E-state index contributed by atoms with van der Waals surface area (Å²) in [4.78, 5) is 0. The number of nitrogens with one attached hydrogen (secondary N) is 1. The number of hydrogen-bond donors (Lipinski definition) is 3. The Bertz CT molecular complexity index is 304. The normalized spacial score (nSPS) is 12.8. The molecule has 0 fully saturated rings. The first-order chi connectivity index (χ1) is 6.65. The zero-order valence-corrected chi connectivity index (χ0v) is 8.00. The summed E-state index contributed by atoms with van der Waals surface area (Å²) in [5.41, 5.74) is 0.744. The molecule has 78 valence electrons. The molecular formula is C10H14FNO2. The van der Waals surface area contributed by atoms with E-state index in [2.05, 4.69) is 5.32 Å². The van der Waals surface area contributed by atoms with Gasteiger partial charge in [0.05, 0.1) is 6.61 Å². The smallest absolute Gasteiger partial charge is 0.165 e. The zero-order chi connectivity index (χ0) is 10.6. The summed E-state index contributed by atoms with van der Waals surface area (Å²) in [6.07, 6.45) is 0. The molecule has 0 radical (unpaired) electrons. The Kier molecular flexibility index (Phi) is 3.85. The Hall–Kier alpha value is -1.13. The van der Waals surface area contributed by atoms with Crippen LogP contribution in [0.5, 0.6) is 5.75 Å². The van der Waals surface area contributed by atoms with E-state index in [0.717, 1.165) is 5.56 Å². The van der Waals surface area contributed by atoms with E-state index in [1.165, 1.54) is 12.1 Å². The third-order valence-corrected chi connectivity index (χ3v) is 2.03. The average Bonchev–Trinajstić information content (AvgIpc) is 2.18. The molecule has 0 aromatic heterocycles. The minimum atomic E-state index is -0.625. The van der Waals surface area contributed by atoms with Gasteiger partial charge >= 0.3 is 0 Å². The number of aliphatic hydroxyl groups is 1. The molecule has 0 aliphatic rings. The molecule has 0 spiro atoms. The predicted octanol–water partition coefficient (Wildman–Crippen LogP) is 1.17. The van der Waals surface area contributed by atoms with Gasteiger partial charge in [-0.1, -0.05) is 6.07 Å². The standard InChI is InChI=1S/C10H14FNO2/c1-7(12-4-5-13)8-2-3-10(14)9(11)6-8/h2-3,6-7,12-14H,4-5H2,1H3/t7-/m0/s1. The Morgan fingerprint density at radius 3 is 2.79 bits per heavy atom. The number of phenolic OH excluding ortho intramolecular Hbond substituents is 1. The van der Waals surface area contributed by atoms with Crippen LogP contribution >= 0.6 is 0 Å². The van der Waals surface area contributed by atoms with Crippen LogP contribution in [0, 0.1) is 5.82 Å². The van der Waals surface area contributed by atoms with E-state index < -0.39 is 5.82 Å². The molecule has 0 unspecified atom stereocenters. The van der Waals surface area contributed by atoms with E-state index in [9.17, 15) is 4.39 Å². The minimum absolute atomic E-state index is 0.0442. The fraction of sp³-hybridized carbons (Fsp3) is 0.400. The lowest BCUT2D eigenvalue weighted by Gasteiger charge is -2.13. The summed E-state index contributed by atoms with van der Waals surface area (Å²) in [6, 6.07) is 4.21. The molecule has 0 aliphatic carbocycles. The first-order valence-corrected chi connectivity index (χ1v) is 4.48. The van der Waals surface area contributed by atoms with E-state index in [1.807, 2.05) is 6.92 Å². The van der Waals surface area contributed by atoms with E-state index in [0.29, 0.717) is 6.54 Å². The second kappa shape index (κ2) is 4.93. The van der Waals surface area contributed by atoms with Gasteiger partial charge in [-0.25, -0.2) is 4.39 Å². The van der Waals surface area contributed by atoms with Gasteiger partial charge in [0.25, 0.3) is 0 Å². The Morgan fingerprint density at radius 2 is 2.21 bits per heavy atom. The topological polar surface area (TPSA) is 52.5 Å². The Balaban J connectivity index is 2.70. The zero-order valence-electron chi connectivity index (χ0n) is 8.00. The van der Waals surface area contributed by atoms with Crippen LogP contribution < -0.4 is 5.32 Å². The van der Waals surface area contributed by atoms with Crippen molar-refractivity contribution in [3.05, 3.63) is 29.6 Å². The Morgan fingerprint density at radius 1 is 1.50 bits per heavy atom. The van der Waals surface area contributed by atoms with Crippen molar-refractivity contribution in [2.45, 2.75) is 13.0 Å². The van der Waals surface area contributed by atoms with Gasteiger partial charge in [-0.05, 0) is 24.6 Å². The largest absolute Gasteiger partial charge is 0.505 e. The van der Waals surface area contributed by atoms with Crippen molar-refractivity contribution in [1.82, 2.24) is 5.32 Å². The maximum absolute atomic E-state index is 12.9. The van der Waals surface area contributed by atoms with Gasteiger partial charge in [-0.15, -0.1) is 0 Å². The maximum Gasteiger partial charge on any atom is 0.165 e. The van der Waals surface area contributed by atoms with Crippen molar-refractivity contribution < 1.29 is 14.6 Å². The van der Waals surface area contributed by atoms with Crippen molar-refractivity contribution in [3.63, 3.8) is 0 Å². The first-order valence-electron chi connectivity index (χ1n) is 4.48. The van der Waals surface area contributed by atoms with E-state index in [-0.39, 0.29) is 18.4 Å². The number of rotatable bonds is 4. The quantitative estimate of drug-likeness (QED) is 0.682. The van der Waals surface area contributed by atoms with E-state index in [1.54, 1.807) is 6.07 Å². The van der Waals surface area contributed by atoms with Gasteiger partial charge in [-0.3, -0.25) is 0 Å². The van der Waals surface area contributed by atoms with Gasteiger partial charge in [0.1, 0.15) is 0 Å². The molecule has 3 nitrogen and oxygen atoms in total.